The van der Waals surface area contributed by atoms with E-state index in [1.165, 1.54) is 0 Å². The molecule has 42 heavy (non-hydrogen) atoms. The molecule has 2 amide bonds. The van der Waals surface area contributed by atoms with Crippen LogP contribution in [0.15, 0.2) is 53.4 Å². The highest BCUT2D eigenvalue weighted by Gasteiger charge is 2.42. The Balaban J connectivity index is 1.36. The Kier molecular flexibility index (Phi) is 10.3. The summed E-state index contributed by atoms with van der Waals surface area (Å²) >= 11 is 7.48. The molecule has 13 heteroatoms. The summed E-state index contributed by atoms with van der Waals surface area (Å²) in [4.78, 5) is 26.8. The van der Waals surface area contributed by atoms with Gasteiger partial charge in [-0.05, 0) is 61.9 Å². The van der Waals surface area contributed by atoms with Gasteiger partial charge in [0, 0.05) is 22.7 Å². The second-order valence-corrected chi connectivity index (χ2v) is 14.4. The van der Waals surface area contributed by atoms with E-state index in [1.54, 1.807) is 25.2 Å². The van der Waals surface area contributed by atoms with Crippen LogP contribution in [0.3, 0.4) is 0 Å². The number of hydrogen-bond acceptors (Lipinski definition) is 7. The van der Waals surface area contributed by atoms with E-state index in [9.17, 15) is 22.4 Å². The summed E-state index contributed by atoms with van der Waals surface area (Å²) in [5, 5.41) is 6.53. The van der Waals surface area contributed by atoms with Gasteiger partial charge in [0.1, 0.15) is 29.0 Å². The topological polar surface area (TPSA) is 123 Å². The van der Waals surface area contributed by atoms with Gasteiger partial charge < -0.3 is 20.1 Å². The van der Waals surface area contributed by atoms with E-state index in [-0.39, 0.29) is 47.2 Å². The molecule has 1 fully saturated rings. The van der Waals surface area contributed by atoms with Crippen LogP contribution in [-0.2, 0) is 35.5 Å². The minimum absolute atomic E-state index is 0.0206. The summed E-state index contributed by atoms with van der Waals surface area (Å²) in [6.07, 6.45) is -0.848. The van der Waals surface area contributed by atoms with Gasteiger partial charge in [0.15, 0.2) is 5.79 Å². The third kappa shape index (κ3) is 8.48. The maximum absolute atomic E-state index is 13.4. The van der Waals surface area contributed by atoms with E-state index in [1.807, 2.05) is 44.2 Å². The number of halogens is 2. The van der Waals surface area contributed by atoms with Gasteiger partial charge >= 0.3 is 0 Å². The fourth-order valence-corrected chi connectivity index (χ4v) is 7.41. The van der Waals surface area contributed by atoms with Gasteiger partial charge in [-0.15, -0.1) is 11.3 Å². The third-order valence-corrected chi connectivity index (χ3v) is 9.61. The van der Waals surface area contributed by atoms with Gasteiger partial charge in [-0.2, -0.15) is 0 Å². The molecule has 3 atom stereocenters. The molecule has 0 unspecified atom stereocenters. The number of carbonyl (C=O) groups is 2. The molecule has 1 aliphatic rings. The number of amides is 2. The van der Waals surface area contributed by atoms with Crippen molar-refractivity contribution in [3.8, 4) is 0 Å². The fraction of sp³-hybridized carbons (Fsp3) is 0.448. The van der Waals surface area contributed by atoms with E-state index in [0.29, 0.717) is 6.42 Å². The molecule has 0 saturated carbocycles. The maximum Gasteiger partial charge on any atom is 0.242 e. The Morgan fingerprint density at radius 2 is 1.76 bits per heavy atom. The van der Waals surface area contributed by atoms with Crippen LogP contribution in [0.4, 0.5) is 4.39 Å². The molecule has 2 aromatic carbocycles. The van der Waals surface area contributed by atoms with Gasteiger partial charge in [-0.25, -0.2) is 17.5 Å². The first-order valence-electron chi connectivity index (χ1n) is 13.6. The summed E-state index contributed by atoms with van der Waals surface area (Å²) in [6, 6.07) is 12.1. The summed E-state index contributed by atoms with van der Waals surface area (Å²) in [5.74, 6) is -2.18. The lowest BCUT2D eigenvalue weighted by molar-refractivity contribution is -0.146. The van der Waals surface area contributed by atoms with Crippen molar-refractivity contribution in [2.75, 3.05) is 13.1 Å². The number of benzene rings is 2. The lowest BCUT2D eigenvalue weighted by Gasteiger charge is -2.22. The molecule has 9 nitrogen and oxygen atoms in total. The molecule has 0 aliphatic carbocycles. The van der Waals surface area contributed by atoms with Gasteiger partial charge in [0.05, 0.1) is 11.4 Å². The molecule has 1 aliphatic heterocycles. The number of nitrogens with one attached hydrogen (secondary N) is 3. The second kappa shape index (κ2) is 13.4. The molecular formula is C29H35ClFN3O6S2. The smallest absolute Gasteiger partial charge is 0.242 e. The van der Waals surface area contributed by atoms with Gasteiger partial charge in [-0.1, -0.05) is 43.6 Å². The van der Waals surface area contributed by atoms with Gasteiger partial charge in [0.2, 0.25) is 21.8 Å². The number of sulfonamides is 1. The zero-order chi connectivity index (χ0) is 30.7. The third-order valence-electron chi connectivity index (χ3n) is 6.59. The minimum atomic E-state index is -4.08. The van der Waals surface area contributed by atoms with Crippen LogP contribution in [0.5, 0.6) is 0 Å². The quantitative estimate of drug-likeness (QED) is 0.270. The predicted octanol–water partition coefficient (Wildman–Crippen LogP) is 4.38. The zero-order valence-corrected chi connectivity index (χ0v) is 26.2. The lowest BCUT2D eigenvalue weighted by atomic mass is 10.0. The number of thiophene rings is 1. The van der Waals surface area contributed by atoms with Gasteiger partial charge in [-0.3, -0.25) is 9.59 Å². The lowest BCUT2D eigenvalue weighted by Crippen LogP contribution is -2.50. The Morgan fingerprint density at radius 1 is 1.07 bits per heavy atom. The number of hydrogen-bond donors (Lipinski definition) is 3. The first-order valence-corrected chi connectivity index (χ1v) is 16.2. The molecule has 4 rings (SSSR count). The molecule has 1 aromatic heterocycles. The summed E-state index contributed by atoms with van der Waals surface area (Å²) in [7, 11) is -4.08. The van der Waals surface area contributed by atoms with Crippen molar-refractivity contribution < 1.29 is 31.9 Å². The van der Waals surface area contributed by atoms with E-state index >= 15 is 0 Å². The van der Waals surface area contributed by atoms with Crippen molar-refractivity contribution in [2.45, 2.75) is 69.5 Å². The highest BCUT2D eigenvalue weighted by Crippen LogP contribution is 2.29. The predicted molar refractivity (Wildman–Crippen MR) is 160 cm³/mol. The average molecular weight is 640 g/mol. The van der Waals surface area contributed by atoms with Crippen LogP contribution in [0.2, 0.25) is 5.02 Å². The van der Waals surface area contributed by atoms with E-state index < -0.39 is 39.9 Å². The first-order chi connectivity index (χ1) is 19.7. The van der Waals surface area contributed by atoms with Crippen LogP contribution >= 0.6 is 22.9 Å². The van der Waals surface area contributed by atoms with Crippen molar-refractivity contribution in [3.63, 3.8) is 0 Å². The van der Waals surface area contributed by atoms with Crippen LogP contribution in [0, 0.1) is 11.7 Å². The molecule has 0 bridgehead atoms. The van der Waals surface area contributed by atoms with Crippen molar-refractivity contribution in [1.82, 2.24) is 15.4 Å². The van der Waals surface area contributed by atoms with Crippen molar-refractivity contribution >= 4 is 54.9 Å². The van der Waals surface area contributed by atoms with Crippen LogP contribution in [0.1, 0.15) is 39.0 Å². The number of fused-ring (bicyclic) bond motifs is 1. The standard InChI is InChI=1S/C29H35ClFN3O6S2/c1-17(2)11-22(34-27(35)14-20-12-18-7-5-6-8-25(18)41-20)28(36)32-15-23-24(40-29(3,4)39-23)16-33-42(37,38)26-10-9-19(31)13-21(26)30/h5-10,12-13,17,22-24,33H,11,14-16H2,1-4H3,(H,32,36)(H,34,35)/t22-,23+,24+/m0/s1. The Hall–Kier alpha value is -2.61. The highest BCUT2D eigenvalue weighted by molar-refractivity contribution is 7.89. The summed E-state index contributed by atoms with van der Waals surface area (Å²) in [6.45, 7) is 7.13. The average Bonchev–Trinajstić information content (AvgIpc) is 3.43. The molecule has 3 aromatic rings. The SMILES string of the molecule is CC(C)C[C@H](NC(=O)Cc1cc2ccccc2s1)C(=O)NC[C@H]1OC(C)(C)O[C@@H]1CNS(=O)(=O)c1ccc(F)cc1Cl. The van der Waals surface area contributed by atoms with Crippen molar-refractivity contribution in [2.24, 2.45) is 5.92 Å². The number of ether oxygens (including phenoxy) is 2. The summed E-state index contributed by atoms with van der Waals surface area (Å²) in [5.41, 5.74) is 0. The van der Waals surface area contributed by atoms with E-state index in [0.717, 1.165) is 33.2 Å². The molecule has 0 spiro atoms. The Bertz CT molecular complexity index is 1510. The molecule has 3 N–H and O–H groups in total. The Morgan fingerprint density at radius 3 is 2.43 bits per heavy atom. The van der Waals surface area contributed by atoms with E-state index in [4.69, 9.17) is 21.1 Å². The molecular weight excluding hydrogens is 605 g/mol. The summed E-state index contributed by atoms with van der Waals surface area (Å²) < 4.78 is 54.4. The van der Waals surface area contributed by atoms with Crippen LogP contribution in [0.25, 0.3) is 10.1 Å². The molecule has 1 saturated heterocycles. The molecule has 228 valence electrons. The Labute approximate surface area is 254 Å². The van der Waals surface area contributed by atoms with Gasteiger partial charge in [0.25, 0.3) is 0 Å². The minimum Gasteiger partial charge on any atom is -0.352 e. The number of carbonyl (C=O) groups excluding carboxylic acids is 2. The number of rotatable bonds is 12. The van der Waals surface area contributed by atoms with Crippen molar-refractivity contribution in [3.05, 3.63) is 64.2 Å². The molecule has 2 heterocycles. The second-order valence-electron chi connectivity index (χ2n) is 11.1. The largest absolute Gasteiger partial charge is 0.352 e. The van der Waals surface area contributed by atoms with Crippen LogP contribution in [-0.4, -0.2) is 57.4 Å². The maximum atomic E-state index is 13.4. The van der Waals surface area contributed by atoms with E-state index in [2.05, 4.69) is 15.4 Å². The van der Waals surface area contributed by atoms with Crippen molar-refractivity contribution in [1.29, 1.82) is 0 Å². The fourth-order valence-electron chi connectivity index (χ4n) is 4.77. The highest BCUT2D eigenvalue weighted by atomic mass is 35.5. The first kappa shape index (κ1) is 32.3. The monoisotopic (exact) mass is 639 g/mol. The molecule has 0 radical (unpaired) electrons. The normalized spacial score (nSPS) is 19.2. The van der Waals surface area contributed by atoms with Crippen LogP contribution < -0.4 is 15.4 Å². The zero-order valence-electron chi connectivity index (χ0n) is 23.8.